The summed E-state index contributed by atoms with van der Waals surface area (Å²) in [4.78, 5) is 31.9. The SMILES string of the molecule is O=C(c1cccc(Cl)c1)N1CCC(O)(Cn2cnc3c(cnn3-c3ccc(F)cc3)c2=O)CC1. The van der Waals surface area contributed by atoms with Crippen molar-refractivity contribution in [3.05, 3.63) is 87.8 Å². The van der Waals surface area contributed by atoms with Crippen molar-refractivity contribution < 1.29 is 14.3 Å². The number of carbonyl (C=O) groups is 1. The number of piperidine rings is 1. The topological polar surface area (TPSA) is 93.2 Å². The number of amides is 1. The van der Waals surface area contributed by atoms with Crippen LogP contribution in [0.15, 0.2) is 65.8 Å². The summed E-state index contributed by atoms with van der Waals surface area (Å²) < 4.78 is 16.1. The zero-order valence-corrected chi connectivity index (χ0v) is 18.8. The van der Waals surface area contributed by atoms with Crippen LogP contribution in [0, 0.1) is 5.82 Å². The Hall–Kier alpha value is -3.56. The van der Waals surface area contributed by atoms with Gasteiger partial charge in [0, 0.05) is 23.7 Å². The lowest BCUT2D eigenvalue weighted by Gasteiger charge is -2.38. The van der Waals surface area contributed by atoms with E-state index in [1.54, 1.807) is 41.3 Å². The van der Waals surface area contributed by atoms with Crippen LogP contribution in [-0.4, -0.2) is 53.9 Å². The third kappa shape index (κ3) is 4.20. The van der Waals surface area contributed by atoms with Crippen molar-refractivity contribution in [3.63, 3.8) is 0 Å². The molecule has 1 amide bonds. The molecular weight excluding hydrogens is 461 g/mol. The Balaban J connectivity index is 1.32. The highest BCUT2D eigenvalue weighted by molar-refractivity contribution is 6.30. The molecule has 0 atom stereocenters. The van der Waals surface area contributed by atoms with Gasteiger partial charge in [0.25, 0.3) is 11.5 Å². The number of rotatable bonds is 4. The molecule has 10 heteroatoms. The highest BCUT2D eigenvalue weighted by Crippen LogP contribution is 2.25. The van der Waals surface area contributed by atoms with Crippen LogP contribution in [0.25, 0.3) is 16.7 Å². The number of hydrogen-bond acceptors (Lipinski definition) is 5. The van der Waals surface area contributed by atoms with Crippen molar-refractivity contribution in [2.24, 2.45) is 0 Å². The number of fused-ring (bicyclic) bond motifs is 1. The highest BCUT2D eigenvalue weighted by atomic mass is 35.5. The molecule has 0 saturated carbocycles. The Morgan fingerprint density at radius 1 is 1.15 bits per heavy atom. The smallest absolute Gasteiger partial charge is 0.264 e. The molecule has 0 bridgehead atoms. The molecular formula is C24H21ClFN5O3. The standard InChI is InChI=1S/C24H21ClFN5O3/c25-17-3-1-2-16(12-17)22(32)29-10-8-24(34,9-11-29)14-30-15-27-21-20(23(30)33)13-28-31(21)19-6-4-18(26)5-7-19/h1-7,12-13,15,34H,8-11,14H2. The third-order valence-corrected chi connectivity index (χ3v) is 6.38. The van der Waals surface area contributed by atoms with Gasteiger partial charge in [-0.25, -0.2) is 14.1 Å². The third-order valence-electron chi connectivity index (χ3n) is 6.14. The maximum atomic E-state index is 13.2. The second-order valence-electron chi connectivity index (χ2n) is 8.47. The Bertz CT molecular complexity index is 1420. The molecule has 5 rings (SSSR count). The van der Waals surface area contributed by atoms with Crippen molar-refractivity contribution in [1.82, 2.24) is 24.2 Å². The van der Waals surface area contributed by atoms with Crippen molar-refractivity contribution in [2.45, 2.75) is 25.0 Å². The second kappa shape index (κ2) is 8.66. The minimum Gasteiger partial charge on any atom is -0.388 e. The summed E-state index contributed by atoms with van der Waals surface area (Å²) in [5.41, 5.74) is -0.0542. The van der Waals surface area contributed by atoms with Crippen LogP contribution >= 0.6 is 11.6 Å². The molecule has 4 aromatic rings. The predicted octanol–water partition coefficient (Wildman–Crippen LogP) is 3.04. The zero-order chi connectivity index (χ0) is 23.9. The fraction of sp³-hybridized carbons (Fsp3) is 0.250. The Kier molecular flexibility index (Phi) is 5.66. The Labute approximate surface area is 198 Å². The van der Waals surface area contributed by atoms with Crippen LogP contribution in [0.2, 0.25) is 5.02 Å². The van der Waals surface area contributed by atoms with E-state index in [2.05, 4.69) is 10.1 Å². The molecule has 1 saturated heterocycles. The van der Waals surface area contributed by atoms with Crippen LogP contribution in [0.1, 0.15) is 23.2 Å². The molecule has 2 aromatic carbocycles. The summed E-state index contributed by atoms with van der Waals surface area (Å²) in [6, 6.07) is 12.5. The van der Waals surface area contributed by atoms with Crippen molar-refractivity contribution in [2.75, 3.05) is 13.1 Å². The number of nitrogens with zero attached hydrogens (tertiary/aromatic N) is 5. The summed E-state index contributed by atoms with van der Waals surface area (Å²) >= 11 is 5.99. The van der Waals surface area contributed by atoms with E-state index in [0.29, 0.717) is 53.2 Å². The monoisotopic (exact) mass is 481 g/mol. The molecule has 1 aliphatic rings. The first-order chi connectivity index (χ1) is 16.3. The lowest BCUT2D eigenvalue weighted by molar-refractivity contribution is -0.0299. The van der Waals surface area contributed by atoms with E-state index >= 15 is 0 Å². The molecule has 0 aliphatic carbocycles. The highest BCUT2D eigenvalue weighted by Gasteiger charge is 2.35. The average Bonchev–Trinajstić information content (AvgIpc) is 3.26. The number of carbonyl (C=O) groups excluding carboxylic acids is 1. The second-order valence-corrected chi connectivity index (χ2v) is 8.91. The van der Waals surface area contributed by atoms with Gasteiger partial charge < -0.3 is 10.0 Å². The van der Waals surface area contributed by atoms with Gasteiger partial charge in [0.2, 0.25) is 0 Å². The average molecular weight is 482 g/mol. The van der Waals surface area contributed by atoms with E-state index in [-0.39, 0.29) is 23.8 Å². The number of aliphatic hydroxyl groups is 1. The lowest BCUT2D eigenvalue weighted by atomic mass is 9.91. The minimum absolute atomic E-state index is 0.0513. The summed E-state index contributed by atoms with van der Waals surface area (Å²) in [5.74, 6) is -0.512. The van der Waals surface area contributed by atoms with Gasteiger partial charge in [-0.3, -0.25) is 14.2 Å². The van der Waals surface area contributed by atoms with E-state index in [1.165, 1.54) is 33.9 Å². The van der Waals surface area contributed by atoms with Crippen molar-refractivity contribution >= 4 is 28.5 Å². The maximum absolute atomic E-state index is 13.2. The van der Waals surface area contributed by atoms with Crippen molar-refractivity contribution in [3.8, 4) is 5.69 Å². The van der Waals surface area contributed by atoms with Gasteiger partial charge in [0.05, 0.1) is 24.0 Å². The number of likely N-dealkylation sites (tertiary alicyclic amines) is 1. The summed E-state index contributed by atoms with van der Waals surface area (Å²) in [6.07, 6.45) is 3.44. The first kappa shape index (κ1) is 22.2. The molecule has 1 fully saturated rings. The number of halogens is 2. The molecule has 34 heavy (non-hydrogen) atoms. The van der Waals surface area contributed by atoms with E-state index in [0.717, 1.165) is 0 Å². The van der Waals surface area contributed by atoms with Gasteiger partial charge >= 0.3 is 0 Å². The van der Waals surface area contributed by atoms with Gasteiger partial charge in [-0.15, -0.1) is 0 Å². The van der Waals surface area contributed by atoms with Gasteiger partial charge in [-0.05, 0) is 55.3 Å². The quantitative estimate of drug-likeness (QED) is 0.483. The molecule has 0 radical (unpaired) electrons. The molecule has 2 aromatic heterocycles. The number of benzene rings is 2. The first-order valence-corrected chi connectivity index (χ1v) is 11.2. The maximum Gasteiger partial charge on any atom is 0.264 e. The molecule has 174 valence electrons. The molecule has 1 aliphatic heterocycles. The van der Waals surface area contributed by atoms with Gasteiger partial charge in [0.1, 0.15) is 17.5 Å². The van der Waals surface area contributed by atoms with Crippen LogP contribution in [0.5, 0.6) is 0 Å². The van der Waals surface area contributed by atoms with E-state index in [9.17, 15) is 19.1 Å². The predicted molar refractivity (Wildman–Crippen MR) is 125 cm³/mol. The first-order valence-electron chi connectivity index (χ1n) is 10.8. The summed E-state index contributed by atoms with van der Waals surface area (Å²) in [7, 11) is 0. The van der Waals surface area contributed by atoms with E-state index in [4.69, 9.17) is 11.6 Å². The molecule has 0 unspecified atom stereocenters. The Morgan fingerprint density at radius 3 is 2.59 bits per heavy atom. The summed E-state index contributed by atoms with van der Waals surface area (Å²) in [5, 5.41) is 16.2. The van der Waals surface area contributed by atoms with Gasteiger partial charge in [-0.1, -0.05) is 17.7 Å². The number of aromatic nitrogens is 4. The van der Waals surface area contributed by atoms with Crippen LogP contribution in [0.4, 0.5) is 4.39 Å². The molecule has 3 heterocycles. The number of hydrogen-bond donors (Lipinski definition) is 1. The lowest BCUT2D eigenvalue weighted by Crippen LogP contribution is -2.49. The van der Waals surface area contributed by atoms with E-state index in [1.807, 2.05) is 0 Å². The minimum atomic E-state index is -1.16. The van der Waals surface area contributed by atoms with Crippen molar-refractivity contribution in [1.29, 1.82) is 0 Å². The molecule has 0 spiro atoms. The summed E-state index contributed by atoms with van der Waals surface area (Å²) in [6.45, 7) is 0.763. The normalized spacial score (nSPS) is 15.6. The fourth-order valence-corrected chi connectivity index (χ4v) is 4.43. The zero-order valence-electron chi connectivity index (χ0n) is 18.1. The van der Waals surface area contributed by atoms with Gasteiger partial charge in [-0.2, -0.15) is 5.10 Å². The largest absolute Gasteiger partial charge is 0.388 e. The fourth-order valence-electron chi connectivity index (χ4n) is 4.24. The van der Waals surface area contributed by atoms with Crippen LogP contribution in [0.3, 0.4) is 0 Å². The van der Waals surface area contributed by atoms with Gasteiger partial charge in [0.15, 0.2) is 5.65 Å². The van der Waals surface area contributed by atoms with E-state index < -0.39 is 5.60 Å². The molecule has 8 nitrogen and oxygen atoms in total. The molecule has 1 N–H and O–H groups in total. The van der Waals surface area contributed by atoms with Crippen LogP contribution in [-0.2, 0) is 6.54 Å². The Morgan fingerprint density at radius 2 is 1.88 bits per heavy atom. The van der Waals surface area contributed by atoms with Crippen LogP contribution < -0.4 is 5.56 Å².